The predicted molar refractivity (Wildman–Crippen MR) is 91.2 cm³/mol. The Bertz CT molecular complexity index is 758. The molecule has 0 unspecified atom stereocenters. The van der Waals surface area contributed by atoms with Gasteiger partial charge in [-0.1, -0.05) is 12.8 Å². The van der Waals surface area contributed by atoms with Crippen LogP contribution in [0.3, 0.4) is 0 Å². The molecule has 1 heterocycles. The highest BCUT2D eigenvalue weighted by atomic mass is 19.1. The van der Waals surface area contributed by atoms with Crippen molar-refractivity contribution in [3.63, 3.8) is 0 Å². The molecule has 0 aliphatic heterocycles. The molecule has 2 aliphatic carbocycles. The number of hydrogen-bond donors (Lipinski definition) is 1. The predicted octanol–water partition coefficient (Wildman–Crippen LogP) is 4.23. The van der Waals surface area contributed by atoms with E-state index in [0.29, 0.717) is 5.92 Å². The number of nitrogens with zero attached hydrogens (tertiary/aromatic N) is 2. The number of anilines is 1. The van der Waals surface area contributed by atoms with Crippen LogP contribution in [0.5, 0.6) is 0 Å². The lowest BCUT2D eigenvalue weighted by molar-refractivity contribution is -0.122. The molecule has 0 spiro atoms. The van der Waals surface area contributed by atoms with E-state index in [4.69, 9.17) is 0 Å². The van der Waals surface area contributed by atoms with Crippen LogP contribution in [0.15, 0.2) is 24.3 Å². The Kier molecular flexibility index (Phi) is 3.87. The molecule has 4 nitrogen and oxygen atoms in total. The normalized spacial score (nSPS) is 18.1. The minimum atomic E-state index is -0.251. The maximum Gasteiger partial charge on any atom is 0.228 e. The number of aryl methyl sites for hydroxylation is 1. The van der Waals surface area contributed by atoms with Crippen molar-refractivity contribution in [2.75, 3.05) is 5.32 Å². The highest BCUT2D eigenvalue weighted by Crippen LogP contribution is 2.45. The van der Waals surface area contributed by atoms with Crippen molar-refractivity contribution in [2.24, 2.45) is 13.0 Å². The van der Waals surface area contributed by atoms with E-state index in [1.807, 2.05) is 7.05 Å². The van der Waals surface area contributed by atoms with Gasteiger partial charge in [0.1, 0.15) is 11.6 Å². The van der Waals surface area contributed by atoms with E-state index in [9.17, 15) is 9.18 Å². The highest BCUT2D eigenvalue weighted by molar-refractivity contribution is 5.94. The largest absolute Gasteiger partial charge is 0.310 e. The van der Waals surface area contributed by atoms with Gasteiger partial charge in [-0.05, 0) is 55.9 Å². The molecular weight excluding hydrogens is 305 g/mol. The molecule has 1 amide bonds. The number of aromatic nitrogens is 2. The second-order valence-corrected chi connectivity index (χ2v) is 6.99. The number of carbonyl (C=O) groups excluding carboxylic acids is 1. The van der Waals surface area contributed by atoms with Gasteiger partial charge in [0.15, 0.2) is 0 Å². The zero-order valence-corrected chi connectivity index (χ0v) is 13.9. The Morgan fingerprint density at radius 2 is 1.83 bits per heavy atom. The zero-order valence-electron chi connectivity index (χ0n) is 13.9. The SMILES string of the molecule is Cn1nc(-c2ccc(F)cc2)c(C2CCC2)c1NC(=O)C1CCC1. The molecule has 0 bridgehead atoms. The summed E-state index contributed by atoms with van der Waals surface area (Å²) in [5.74, 6) is 1.24. The summed E-state index contributed by atoms with van der Waals surface area (Å²) < 4.78 is 15.0. The zero-order chi connectivity index (χ0) is 16.7. The molecule has 1 aromatic carbocycles. The van der Waals surface area contributed by atoms with Crippen molar-refractivity contribution < 1.29 is 9.18 Å². The van der Waals surface area contributed by atoms with Gasteiger partial charge in [0.2, 0.25) is 5.91 Å². The third kappa shape index (κ3) is 2.62. The van der Waals surface area contributed by atoms with Crippen molar-refractivity contribution >= 4 is 11.7 Å². The molecule has 0 saturated heterocycles. The second kappa shape index (κ2) is 6.04. The van der Waals surface area contributed by atoms with Gasteiger partial charge in [-0.15, -0.1) is 0 Å². The van der Waals surface area contributed by atoms with Gasteiger partial charge in [0, 0.05) is 24.1 Å². The summed E-state index contributed by atoms with van der Waals surface area (Å²) >= 11 is 0. The topological polar surface area (TPSA) is 46.9 Å². The van der Waals surface area contributed by atoms with E-state index in [1.165, 1.54) is 18.6 Å². The first kappa shape index (κ1) is 15.4. The fourth-order valence-electron chi connectivity index (χ4n) is 3.48. The van der Waals surface area contributed by atoms with E-state index in [1.54, 1.807) is 16.8 Å². The average Bonchev–Trinajstić information content (AvgIpc) is 2.74. The van der Waals surface area contributed by atoms with Crippen LogP contribution >= 0.6 is 0 Å². The fourth-order valence-corrected chi connectivity index (χ4v) is 3.48. The average molecular weight is 327 g/mol. The van der Waals surface area contributed by atoms with Crippen molar-refractivity contribution in [1.82, 2.24) is 9.78 Å². The summed E-state index contributed by atoms with van der Waals surface area (Å²) in [5, 5.41) is 7.77. The highest BCUT2D eigenvalue weighted by Gasteiger charge is 2.32. The lowest BCUT2D eigenvalue weighted by atomic mass is 9.78. The maximum atomic E-state index is 13.2. The molecule has 126 valence electrons. The van der Waals surface area contributed by atoms with E-state index in [0.717, 1.165) is 54.7 Å². The maximum absolute atomic E-state index is 13.2. The Balaban J connectivity index is 1.72. The summed E-state index contributed by atoms with van der Waals surface area (Å²) in [4.78, 5) is 12.4. The quantitative estimate of drug-likeness (QED) is 0.913. The molecular formula is C19H22FN3O. The number of nitrogens with one attached hydrogen (secondary N) is 1. The first-order valence-electron chi connectivity index (χ1n) is 8.77. The summed E-state index contributed by atoms with van der Waals surface area (Å²) in [6, 6.07) is 6.44. The Labute approximate surface area is 141 Å². The Morgan fingerprint density at radius 1 is 1.17 bits per heavy atom. The third-order valence-corrected chi connectivity index (χ3v) is 5.43. The van der Waals surface area contributed by atoms with Gasteiger partial charge in [0.25, 0.3) is 0 Å². The first-order valence-corrected chi connectivity index (χ1v) is 8.77. The number of halogens is 1. The van der Waals surface area contributed by atoms with Gasteiger partial charge >= 0.3 is 0 Å². The smallest absolute Gasteiger partial charge is 0.228 e. The van der Waals surface area contributed by atoms with Crippen molar-refractivity contribution in [2.45, 2.75) is 44.4 Å². The van der Waals surface area contributed by atoms with Gasteiger partial charge in [-0.2, -0.15) is 5.10 Å². The monoisotopic (exact) mass is 327 g/mol. The van der Waals surface area contributed by atoms with Crippen LogP contribution in [-0.4, -0.2) is 15.7 Å². The van der Waals surface area contributed by atoms with Crippen LogP contribution < -0.4 is 5.32 Å². The molecule has 1 aromatic heterocycles. The minimum Gasteiger partial charge on any atom is -0.310 e. The van der Waals surface area contributed by atoms with Crippen LogP contribution in [0.25, 0.3) is 11.3 Å². The van der Waals surface area contributed by atoms with Crippen LogP contribution in [0, 0.1) is 11.7 Å². The molecule has 2 aliphatic rings. The van der Waals surface area contributed by atoms with E-state index in [-0.39, 0.29) is 17.6 Å². The molecule has 0 atom stereocenters. The number of amides is 1. The molecule has 5 heteroatoms. The van der Waals surface area contributed by atoms with Crippen LogP contribution in [0.2, 0.25) is 0 Å². The lowest BCUT2D eigenvalue weighted by Crippen LogP contribution is -2.29. The second-order valence-electron chi connectivity index (χ2n) is 6.99. The molecule has 2 saturated carbocycles. The molecule has 2 fully saturated rings. The van der Waals surface area contributed by atoms with E-state index < -0.39 is 0 Å². The van der Waals surface area contributed by atoms with Crippen LogP contribution in [0.1, 0.15) is 50.0 Å². The molecule has 0 radical (unpaired) electrons. The molecule has 24 heavy (non-hydrogen) atoms. The Hall–Kier alpha value is -2.17. The number of hydrogen-bond acceptors (Lipinski definition) is 2. The van der Waals surface area contributed by atoms with Crippen molar-refractivity contribution in [3.05, 3.63) is 35.6 Å². The van der Waals surface area contributed by atoms with Gasteiger partial charge in [-0.25, -0.2) is 4.39 Å². The van der Waals surface area contributed by atoms with Gasteiger partial charge < -0.3 is 5.32 Å². The summed E-state index contributed by atoms with van der Waals surface area (Å²) in [7, 11) is 1.87. The molecule has 1 N–H and O–H groups in total. The first-order chi connectivity index (χ1) is 11.6. The van der Waals surface area contributed by atoms with Gasteiger partial charge in [-0.3, -0.25) is 9.48 Å². The lowest BCUT2D eigenvalue weighted by Gasteiger charge is -2.28. The summed E-state index contributed by atoms with van der Waals surface area (Å²) in [5.41, 5.74) is 2.88. The van der Waals surface area contributed by atoms with Gasteiger partial charge in [0.05, 0.1) is 5.69 Å². The molecule has 4 rings (SSSR count). The van der Waals surface area contributed by atoms with Crippen LogP contribution in [0.4, 0.5) is 10.2 Å². The summed E-state index contributed by atoms with van der Waals surface area (Å²) in [6.45, 7) is 0. The molecule has 2 aromatic rings. The van der Waals surface area contributed by atoms with E-state index >= 15 is 0 Å². The standard InChI is InChI=1S/C19H22FN3O/c1-23-18(21-19(24)14-6-3-7-14)16(12-4-2-5-12)17(22-23)13-8-10-15(20)11-9-13/h8-12,14H,2-7H2,1H3,(H,21,24). The Morgan fingerprint density at radius 3 is 2.38 bits per heavy atom. The number of benzene rings is 1. The van der Waals surface area contributed by atoms with Crippen molar-refractivity contribution in [1.29, 1.82) is 0 Å². The van der Waals surface area contributed by atoms with Crippen molar-refractivity contribution in [3.8, 4) is 11.3 Å². The third-order valence-electron chi connectivity index (χ3n) is 5.43. The summed E-state index contributed by atoms with van der Waals surface area (Å²) in [6.07, 6.45) is 6.54. The number of rotatable bonds is 4. The fraction of sp³-hybridized carbons (Fsp3) is 0.474. The van der Waals surface area contributed by atoms with E-state index in [2.05, 4.69) is 10.4 Å². The van der Waals surface area contributed by atoms with Crippen LogP contribution in [-0.2, 0) is 11.8 Å². The number of carbonyl (C=O) groups is 1. The minimum absolute atomic E-state index is 0.107.